The van der Waals surface area contributed by atoms with Crippen molar-refractivity contribution in [2.24, 2.45) is 0 Å². The summed E-state index contributed by atoms with van der Waals surface area (Å²) in [6.45, 7) is 1.51. The van der Waals surface area contributed by atoms with Gasteiger partial charge in [-0.2, -0.15) is 13.2 Å². The Kier molecular flexibility index (Phi) is 3.90. The summed E-state index contributed by atoms with van der Waals surface area (Å²) in [5.74, 6) is -1.04. The first-order valence-corrected chi connectivity index (χ1v) is 5.05. The molecule has 0 saturated carbocycles. The molecule has 3 nitrogen and oxygen atoms in total. The Labute approximate surface area is 97.8 Å². The normalized spacial score (nSPS) is 11.3. The van der Waals surface area contributed by atoms with Crippen molar-refractivity contribution in [2.75, 3.05) is 6.61 Å². The van der Waals surface area contributed by atoms with Crippen LogP contribution >= 0.6 is 15.9 Å². The van der Waals surface area contributed by atoms with Gasteiger partial charge >= 0.3 is 12.1 Å². The molecule has 0 saturated heterocycles. The van der Waals surface area contributed by atoms with Crippen LogP contribution in [0.25, 0.3) is 0 Å². The van der Waals surface area contributed by atoms with Gasteiger partial charge in [-0.25, -0.2) is 4.79 Å². The molecule has 16 heavy (non-hydrogen) atoms. The average Bonchev–Trinajstić information content (AvgIpc) is 2.15. The molecule has 88 valence electrons. The number of nitrogens with zero attached hydrogens (tertiary/aromatic N) is 1. The third kappa shape index (κ3) is 2.72. The average molecular weight is 298 g/mol. The number of esters is 1. The second-order valence-electron chi connectivity index (χ2n) is 2.76. The predicted molar refractivity (Wildman–Crippen MR) is 52.9 cm³/mol. The minimum Gasteiger partial charge on any atom is -0.462 e. The highest BCUT2D eigenvalue weighted by molar-refractivity contribution is 9.10. The molecule has 0 N–H and O–H groups in total. The molecule has 0 aliphatic rings. The second-order valence-corrected chi connectivity index (χ2v) is 3.62. The van der Waals surface area contributed by atoms with Gasteiger partial charge < -0.3 is 4.74 Å². The highest BCUT2D eigenvalue weighted by Crippen LogP contribution is 2.36. The number of rotatable bonds is 2. The maximum absolute atomic E-state index is 12.6. The summed E-state index contributed by atoms with van der Waals surface area (Å²) < 4.78 is 42.2. The zero-order valence-electron chi connectivity index (χ0n) is 8.14. The number of carbonyl (C=O) groups excluding carboxylic acids is 1. The third-order valence-corrected chi connectivity index (χ3v) is 2.28. The molecule has 7 heteroatoms. The molecule has 1 rings (SSSR count). The number of ether oxygens (including phenoxy) is 1. The zero-order chi connectivity index (χ0) is 12.3. The van der Waals surface area contributed by atoms with Crippen LogP contribution < -0.4 is 0 Å². The van der Waals surface area contributed by atoms with Crippen LogP contribution in [0.5, 0.6) is 0 Å². The fourth-order valence-corrected chi connectivity index (χ4v) is 1.64. The molecular formula is C9H7BrF3NO2. The highest BCUT2D eigenvalue weighted by atomic mass is 79.9. The van der Waals surface area contributed by atoms with Gasteiger partial charge in [0.25, 0.3) is 0 Å². The van der Waals surface area contributed by atoms with E-state index in [4.69, 9.17) is 0 Å². The van der Waals surface area contributed by atoms with Crippen LogP contribution in [-0.2, 0) is 10.9 Å². The largest absolute Gasteiger partial charge is 0.462 e. The quantitative estimate of drug-likeness (QED) is 0.788. The molecule has 0 aliphatic heterocycles. The number of halogens is 4. The van der Waals surface area contributed by atoms with Crippen molar-refractivity contribution in [3.05, 3.63) is 28.0 Å². The van der Waals surface area contributed by atoms with Crippen LogP contribution in [0.4, 0.5) is 13.2 Å². The second kappa shape index (κ2) is 4.82. The Morgan fingerprint density at radius 3 is 2.62 bits per heavy atom. The molecule has 0 bridgehead atoms. The topological polar surface area (TPSA) is 39.2 Å². The van der Waals surface area contributed by atoms with E-state index in [1.807, 2.05) is 0 Å². The summed E-state index contributed by atoms with van der Waals surface area (Å²) in [6, 6.07) is 0. The summed E-state index contributed by atoms with van der Waals surface area (Å²) in [7, 11) is 0. The molecule has 0 atom stereocenters. The van der Waals surface area contributed by atoms with Gasteiger partial charge in [-0.15, -0.1) is 0 Å². The van der Waals surface area contributed by atoms with Gasteiger partial charge in [-0.1, -0.05) is 0 Å². The Hall–Kier alpha value is -1.11. The van der Waals surface area contributed by atoms with E-state index < -0.39 is 23.3 Å². The molecule has 0 spiro atoms. The first-order valence-electron chi connectivity index (χ1n) is 4.25. The molecule has 1 aromatic heterocycles. The van der Waals surface area contributed by atoms with Crippen LogP contribution in [0.3, 0.4) is 0 Å². The zero-order valence-corrected chi connectivity index (χ0v) is 9.72. The van der Waals surface area contributed by atoms with Crippen LogP contribution in [-0.4, -0.2) is 17.6 Å². The van der Waals surface area contributed by atoms with Gasteiger partial charge in [0.05, 0.1) is 17.7 Å². The van der Waals surface area contributed by atoms with Gasteiger partial charge in [-0.05, 0) is 22.9 Å². The maximum atomic E-state index is 12.6. The summed E-state index contributed by atoms with van der Waals surface area (Å²) in [6.07, 6.45) is -2.82. The summed E-state index contributed by atoms with van der Waals surface area (Å²) in [5.41, 5.74) is -1.66. The van der Waals surface area contributed by atoms with Gasteiger partial charge in [-0.3, -0.25) is 4.98 Å². The van der Waals surface area contributed by atoms with E-state index in [0.29, 0.717) is 0 Å². The molecule has 0 amide bonds. The summed E-state index contributed by atoms with van der Waals surface area (Å²) in [5, 5.41) is 0. The van der Waals surface area contributed by atoms with Crippen molar-refractivity contribution in [1.29, 1.82) is 0 Å². The molecule has 0 aliphatic carbocycles. The SMILES string of the molecule is CCOC(=O)c1cncc(Br)c1C(F)(F)F. The van der Waals surface area contributed by atoms with Crippen LogP contribution in [0, 0.1) is 0 Å². The van der Waals surface area contributed by atoms with E-state index in [2.05, 4.69) is 25.7 Å². The molecule has 0 aromatic carbocycles. The van der Waals surface area contributed by atoms with Crippen LogP contribution in [0.2, 0.25) is 0 Å². The molecule has 0 radical (unpaired) electrons. The number of aromatic nitrogens is 1. The monoisotopic (exact) mass is 297 g/mol. The lowest BCUT2D eigenvalue weighted by atomic mass is 10.1. The maximum Gasteiger partial charge on any atom is 0.418 e. The Morgan fingerprint density at radius 1 is 1.50 bits per heavy atom. The Morgan fingerprint density at radius 2 is 2.12 bits per heavy atom. The summed E-state index contributed by atoms with van der Waals surface area (Å²) in [4.78, 5) is 14.8. The molecule has 0 unspecified atom stereocenters. The summed E-state index contributed by atoms with van der Waals surface area (Å²) >= 11 is 2.71. The van der Waals surface area contributed by atoms with Crippen molar-refractivity contribution in [2.45, 2.75) is 13.1 Å². The van der Waals surface area contributed by atoms with E-state index in [9.17, 15) is 18.0 Å². The smallest absolute Gasteiger partial charge is 0.418 e. The fourth-order valence-electron chi connectivity index (χ4n) is 1.09. The number of pyridine rings is 1. The van der Waals surface area contributed by atoms with Crippen molar-refractivity contribution in [3.8, 4) is 0 Å². The van der Waals surface area contributed by atoms with Crippen molar-refractivity contribution in [1.82, 2.24) is 4.98 Å². The Balaban J connectivity index is 3.29. The highest BCUT2D eigenvalue weighted by Gasteiger charge is 2.38. The lowest BCUT2D eigenvalue weighted by molar-refractivity contribution is -0.138. The number of hydrogen-bond donors (Lipinski definition) is 0. The number of hydrogen-bond acceptors (Lipinski definition) is 3. The molecule has 0 fully saturated rings. The Bertz CT molecular complexity index is 406. The van der Waals surface area contributed by atoms with Crippen molar-refractivity contribution < 1.29 is 22.7 Å². The van der Waals surface area contributed by atoms with E-state index >= 15 is 0 Å². The van der Waals surface area contributed by atoms with Gasteiger partial charge in [0, 0.05) is 16.9 Å². The van der Waals surface area contributed by atoms with Crippen molar-refractivity contribution in [3.63, 3.8) is 0 Å². The minimum absolute atomic E-state index is 0.00262. The van der Waals surface area contributed by atoms with Gasteiger partial charge in [0.2, 0.25) is 0 Å². The van der Waals surface area contributed by atoms with E-state index in [0.717, 1.165) is 12.4 Å². The third-order valence-electron chi connectivity index (χ3n) is 1.68. The molecular weight excluding hydrogens is 291 g/mol. The number of carbonyl (C=O) groups is 1. The van der Waals surface area contributed by atoms with Gasteiger partial charge in [0.1, 0.15) is 0 Å². The van der Waals surface area contributed by atoms with Crippen molar-refractivity contribution >= 4 is 21.9 Å². The lowest BCUT2D eigenvalue weighted by Gasteiger charge is -2.12. The van der Waals surface area contributed by atoms with Crippen LogP contribution in [0.1, 0.15) is 22.8 Å². The molecule has 1 heterocycles. The van der Waals surface area contributed by atoms with E-state index in [-0.39, 0.29) is 11.1 Å². The van der Waals surface area contributed by atoms with E-state index in [1.54, 1.807) is 0 Å². The standard InChI is InChI=1S/C9H7BrF3NO2/c1-2-16-8(15)5-3-14-4-6(10)7(5)9(11,12)13/h3-4H,2H2,1H3. The first-order chi connectivity index (χ1) is 7.38. The lowest BCUT2D eigenvalue weighted by Crippen LogP contribution is -2.16. The number of alkyl halides is 3. The van der Waals surface area contributed by atoms with E-state index in [1.165, 1.54) is 6.92 Å². The van der Waals surface area contributed by atoms with Crippen LogP contribution in [0.15, 0.2) is 16.9 Å². The van der Waals surface area contributed by atoms with Gasteiger partial charge in [0.15, 0.2) is 0 Å². The minimum atomic E-state index is -4.64. The molecule has 1 aromatic rings. The first kappa shape index (κ1) is 13.0. The predicted octanol–water partition coefficient (Wildman–Crippen LogP) is 3.04. The fraction of sp³-hybridized carbons (Fsp3) is 0.333.